The predicted molar refractivity (Wildman–Crippen MR) is 102 cm³/mol. The minimum atomic E-state index is -0.00699. The summed E-state index contributed by atoms with van der Waals surface area (Å²) in [6.45, 7) is 4.79. The third kappa shape index (κ3) is 6.21. The molecule has 2 aromatic rings. The average molecular weight is 380 g/mol. The zero-order chi connectivity index (χ0) is 18.2. The van der Waals surface area contributed by atoms with Gasteiger partial charge in [0.15, 0.2) is 5.16 Å². The summed E-state index contributed by atoms with van der Waals surface area (Å²) >= 11 is 7.34. The molecule has 0 aliphatic heterocycles. The number of halogens is 1. The second-order valence-electron chi connectivity index (χ2n) is 5.51. The number of carbonyl (C=O) groups excluding carboxylic acids is 1. The molecule has 1 N–H and O–H groups in total. The highest BCUT2D eigenvalue weighted by atomic mass is 35.5. The van der Waals surface area contributed by atoms with Crippen LogP contribution in [0.3, 0.4) is 0 Å². The fourth-order valence-electron chi connectivity index (χ4n) is 2.38. The molecule has 0 saturated heterocycles. The van der Waals surface area contributed by atoms with E-state index in [9.17, 15) is 4.79 Å². The van der Waals surface area contributed by atoms with E-state index < -0.39 is 0 Å². The second kappa shape index (κ2) is 9.63. The smallest absolute Gasteiger partial charge is 0.220 e. The number of benzene rings is 1. The third-order valence-corrected chi connectivity index (χ3v) is 4.49. The minimum Gasteiger partial charge on any atom is -0.492 e. The summed E-state index contributed by atoms with van der Waals surface area (Å²) in [7, 11) is 0. The van der Waals surface area contributed by atoms with Crippen molar-refractivity contribution >= 4 is 29.3 Å². The van der Waals surface area contributed by atoms with Crippen LogP contribution in [0.15, 0.2) is 29.4 Å². The van der Waals surface area contributed by atoms with E-state index in [2.05, 4.69) is 15.3 Å². The van der Waals surface area contributed by atoms with Gasteiger partial charge in [-0.25, -0.2) is 9.97 Å². The molecule has 25 heavy (non-hydrogen) atoms. The van der Waals surface area contributed by atoms with Crippen molar-refractivity contribution < 1.29 is 9.53 Å². The zero-order valence-corrected chi connectivity index (χ0v) is 16.2. The van der Waals surface area contributed by atoms with Gasteiger partial charge in [0.05, 0.1) is 6.54 Å². The number of rotatable bonds is 8. The Hall–Kier alpha value is -1.79. The molecule has 0 fully saturated rings. The third-order valence-electron chi connectivity index (χ3n) is 3.69. The van der Waals surface area contributed by atoms with Crippen LogP contribution in [0, 0.1) is 13.8 Å². The van der Waals surface area contributed by atoms with Gasteiger partial charge in [-0.3, -0.25) is 4.79 Å². The van der Waals surface area contributed by atoms with E-state index in [-0.39, 0.29) is 5.91 Å². The largest absolute Gasteiger partial charge is 0.492 e. The maximum Gasteiger partial charge on any atom is 0.220 e. The highest BCUT2D eigenvalue weighted by Crippen LogP contribution is 2.17. The molecule has 2 rings (SSSR count). The highest BCUT2D eigenvalue weighted by molar-refractivity contribution is 7.98. The van der Waals surface area contributed by atoms with Crippen molar-refractivity contribution in [3.8, 4) is 5.75 Å². The number of nitrogens with one attached hydrogen (secondary N) is 1. The average Bonchev–Trinajstić information content (AvgIpc) is 2.59. The molecule has 7 heteroatoms. The van der Waals surface area contributed by atoms with E-state index in [1.807, 2.05) is 20.1 Å². The number of thioether (sulfide) groups is 1. The normalized spacial score (nSPS) is 10.6. The minimum absolute atomic E-state index is 0.00699. The first-order chi connectivity index (χ1) is 12.0. The number of hydrogen-bond donors (Lipinski definition) is 1. The number of hydrogen-bond acceptors (Lipinski definition) is 5. The van der Waals surface area contributed by atoms with Crippen LogP contribution in [0.2, 0.25) is 5.02 Å². The summed E-state index contributed by atoms with van der Waals surface area (Å²) in [6, 6.07) is 7.14. The first kappa shape index (κ1) is 19.5. The van der Waals surface area contributed by atoms with Gasteiger partial charge in [-0.05, 0) is 56.4 Å². The summed E-state index contributed by atoms with van der Waals surface area (Å²) in [6.07, 6.45) is 2.99. The molecule has 1 heterocycles. The Labute approximate surface area is 157 Å². The summed E-state index contributed by atoms with van der Waals surface area (Å²) in [5.74, 6) is 0.725. The molecule has 0 radical (unpaired) electrons. The Bertz CT molecular complexity index is 700. The van der Waals surface area contributed by atoms with Gasteiger partial charge >= 0.3 is 0 Å². The van der Waals surface area contributed by atoms with Crippen LogP contribution >= 0.6 is 23.4 Å². The summed E-state index contributed by atoms with van der Waals surface area (Å²) in [4.78, 5) is 20.9. The fourth-order valence-corrected chi connectivity index (χ4v) is 2.96. The molecule has 0 aliphatic rings. The first-order valence-corrected chi connectivity index (χ1v) is 9.63. The number of aryl methyl sites for hydroxylation is 2. The van der Waals surface area contributed by atoms with Crippen molar-refractivity contribution in [3.05, 3.63) is 46.2 Å². The maximum atomic E-state index is 12.0. The summed E-state index contributed by atoms with van der Waals surface area (Å²) in [5.41, 5.74) is 2.93. The predicted octanol–water partition coefficient (Wildman–Crippen LogP) is 3.60. The molecule has 0 unspecified atom stereocenters. The molecule has 0 aliphatic carbocycles. The van der Waals surface area contributed by atoms with Gasteiger partial charge in [0, 0.05) is 22.8 Å². The lowest BCUT2D eigenvalue weighted by molar-refractivity contribution is -0.121. The summed E-state index contributed by atoms with van der Waals surface area (Å²) in [5, 5.41) is 4.29. The van der Waals surface area contributed by atoms with Gasteiger partial charge in [0.1, 0.15) is 12.4 Å². The number of ether oxygens (including phenoxy) is 1. The van der Waals surface area contributed by atoms with Crippen molar-refractivity contribution in [1.82, 2.24) is 15.3 Å². The van der Waals surface area contributed by atoms with Crippen LogP contribution in [0.1, 0.15) is 23.4 Å². The van der Waals surface area contributed by atoms with Crippen molar-refractivity contribution in [2.24, 2.45) is 0 Å². The Morgan fingerprint density at radius 2 is 1.84 bits per heavy atom. The van der Waals surface area contributed by atoms with Crippen molar-refractivity contribution in [2.45, 2.75) is 31.8 Å². The number of carbonyl (C=O) groups is 1. The first-order valence-electron chi connectivity index (χ1n) is 8.02. The molecule has 1 aromatic heterocycles. The maximum absolute atomic E-state index is 12.0. The van der Waals surface area contributed by atoms with E-state index in [0.717, 1.165) is 27.9 Å². The zero-order valence-electron chi connectivity index (χ0n) is 14.6. The Morgan fingerprint density at radius 1 is 1.20 bits per heavy atom. The summed E-state index contributed by atoms with van der Waals surface area (Å²) < 4.78 is 5.54. The number of aromatic nitrogens is 2. The second-order valence-corrected chi connectivity index (χ2v) is 6.72. The molecule has 0 spiro atoms. The lowest BCUT2D eigenvalue weighted by Gasteiger charge is -2.11. The van der Waals surface area contributed by atoms with Crippen molar-refractivity contribution in [3.63, 3.8) is 0 Å². The Balaban J connectivity index is 1.73. The molecule has 0 atom stereocenters. The molecule has 1 amide bonds. The number of nitrogens with zero attached hydrogens (tertiary/aromatic N) is 2. The van der Waals surface area contributed by atoms with Crippen LogP contribution in [-0.2, 0) is 11.2 Å². The van der Waals surface area contributed by atoms with Crippen molar-refractivity contribution in [1.29, 1.82) is 0 Å². The molecule has 134 valence electrons. The highest BCUT2D eigenvalue weighted by Gasteiger charge is 2.10. The van der Waals surface area contributed by atoms with Crippen LogP contribution in [0.4, 0.5) is 0 Å². The molecule has 0 bridgehead atoms. The van der Waals surface area contributed by atoms with E-state index in [1.54, 1.807) is 24.3 Å². The van der Waals surface area contributed by atoms with Gasteiger partial charge in [-0.2, -0.15) is 0 Å². The molecular weight excluding hydrogens is 358 g/mol. The van der Waals surface area contributed by atoms with E-state index in [0.29, 0.717) is 31.0 Å². The van der Waals surface area contributed by atoms with Gasteiger partial charge in [-0.15, -0.1) is 0 Å². The molecule has 0 saturated carbocycles. The van der Waals surface area contributed by atoms with Crippen molar-refractivity contribution in [2.75, 3.05) is 19.4 Å². The quantitative estimate of drug-likeness (QED) is 0.431. The lowest BCUT2D eigenvalue weighted by atomic mass is 10.1. The molecule has 1 aromatic carbocycles. The van der Waals surface area contributed by atoms with E-state index in [1.165, 1.54) is 11.8 Å². The molecular formula is C18H22ClN3O2S. The number of amides is 1. The van der Waals surface area contributed by atoms with Crippen LogP contribution in [0.25, 0.3) is 0 Å². The fraction of sp³-hybridized carbons (Fsp3) is 0.389. The van der Waals surface area contributed by atoms with Crippen LogP contribution in [-0.4, -0.2) is 35.3 Å². The van der Waals surface area contributed by atoms with E-state index in [4.69, 9.17) is 16.3 Å². The van der Waals surface area contributed by atoms with Gasteiger partial charge in [0.2, 0.25) is 5.91 Å². The Morgan fingerprint density at radius 3 is 2.44 bits per heavy atom. The van der Waals surface area contributed by atoms with E-state index >= 15 is 0 Å². The van der Waals surface area contributed by atoms with Gasteiger partial charge < -0.3 is 10.1 Å². The van der Waals surface area contributed by atoms with Gasteiger partial charge in [0.25, 0.3) is 0 Å². The standard InChI is InChI=1S/C18H22ClN3O2S/c1-12-16(13(2)22-18(21-12)25-3)8-9-17(23)20-10-11-24-15-6-4-14(19)5-7-15/h4-7H,8-11H2,1-3H3,(H,20,23). The SMILES string of the molecule is CSc1nc(C)c(CCC(=O)NCCOc2ccc(Cl)cc2)c(C)n1. The Kier molecular flexibility index (Phi) is 7.52. The van der Waals surface area contributed by atoms with Crippen LogP contribution in [0.5, 0.6) is 5.75 Å². The van der Waals surface area contributed by atoms with Crippen LogP contribution < -0.4 is 10.1 Å². The lowest BCUT2D eigenvalue weighted by Crippen LogP contribution is -2.28. The van der Waals surface area contributed by atoms with Gasteiger partial charge in [-0.1, -0.05) is 23.4 Å². The molecule has 5 nitrogen and oxygen atoms in total. The monoisotopic (exact) mass is 379 g/mol. The topological polar surface area (TPSA) is 64.1 Å².